The van der Waals surface area contributed by atoms with Crippen molar-refractivity contribution in [1.29, 1.82) is 0 Å². The van der Waals surface area contributed by atoms with Gasteiger partial charge >= 0.3 is 0 Å². The van der Waals surface area contributed by atoms with Gasteiger partial charge in [0.05, 0.1) is 28.0 Å². The van der Waals surface area contributed by atoms with Crippen LogP contribution in [0, 0.1) is 20.4 Å². The number of para-hydroxylation sites is 1. The highest BCUT2D eigenvalue weighted by molar-refractivity contribution is 7.27. The lowest BCUT2D eigenvalue weighted by Gasteiger charge is -2.10. The van der Waals surface area contributed by atoms with Crippen molar-refractivity contribution in [2.24, 2.45) is 0 Å². The number of hydrogen-bond donors (Lipinski definition) is 0. The maximum atomic E-state index is 8.01. The van der Waals surface area contributed by atoms with Crippen LogP contribution in [0.1, 0.15) is 11.1 Å². The lowest BCUT2D eigenvalue weighted by molar-refractivity contribution is 0.669. The molecular formula is C39H24N2OS. The number of furan rings is 1. The molecule has 0 aliphatic carbocycles. The van der Waals surface area contributed by atoms with Gasteiger partial charge in [0, 0.05) is 31.6 Å². The van der Waals surface area contributed by atoms with Crippen LogP contribution >= 0.6 is 11.3 Å². The Morgan fingerprint density at radius 3 is 2.12 bits per heavy atom. The maximum absolute atomic E-state index is 8.01. The molecule has 43 heavy (non-hydrogen) atoms. The van der Waals surface area contributed by atoms with Crippen LogP contribution in [0.3, 0.4) is 0 Å². The van der Waals surface area contributed by atoms with Gasteiger partial charge in [0.25, 0.3) is 0 Å². The molecule has 0 aliphatic rings. The smallest absolute Gasteiger partial charge is 0.204 e. The SMILES string of the molecule is [C-]#[N+]c1ccc(-c2ccc3oc4ccccc4c3c2)c2c1sc1c(-n3c4ccc(C)cc4c4cc(C)ccc43)cccc12. The lowest BCUT2D eigenvalue weighted by Crippen LogP contribution is -1.94. The average Bonchev–Trinajstić information content (AvgIpc) is 3.70. The number of benzene rings is 6. The Morgan fingerprint density at radius 1 is 0.628 bits per heavy atom. The van der Waals surface area contributed by atoms with Gasteiger partial charge in [-0.05, 0) is 78.9 Å². The van der Waals surface area contributed by atoms with Gasteiger partial charge in [0.1, 0.15) is 11.2 Å². The predicted octanol–water partition coefficient (Wildman–Crippen LogP) is 11.9. The Hall–Kier alpha value is -5.37. The molecule has 0 N–H and O–H groups in total. The van der Waals surface area contributed by atoms with E-state index in [1.54, 1.807) is 11.3 Å². The summed E-state index contributed by atoms with van der Waals surface area (Å²) < 4.78 is 10.7. The molecule has 202 valence electrons. The normalized spacial score (nSPS) is 11.9. The van der Waals surface area contributed by atoms with Crippen molar-refractivity contribution >= 4 is 80.9 Å². The third-order valence-electron chi connectivity index (χ3n) is 8.73. The van der Waals surface area contributed by atoms with Gasteiger partial charge in [-0.2, -0.15) is 0 Å². The van der Waals surface area contributed by atoms with E-state index in [9.17, 15) is 0 Å². The molecule has 9 aromatic rings. The second kappa shape index (κ2) is 8.82. The van der Waals surface area contributed by atoms with Gasteiger partial charge in [-0.1, -0.05) is 71.8 Å². The number of hydrogen-bond acceptors (Lipinski definition) is 2. The van der Waals surface area contributed by atoms with E-state index in [1.165, 1.54) is 43.0 Å². The van der Waals surface area contributed by atoms with E-state index in [0.29, 0.717) is 5.69 Å². The van der Waals surface area contributed by atoms with Gasteiger partial charge in [-0.15, -0.1) is 11.3 Å². The van der Waals surface area contributed by atoms with Crippen molar-refractivity contribution in [2.45, 2.75) is 13.8 Å². The predicted molar refractivity (Wildman–Crippen MR) is 182 cm³/mol. The van der Waals surface area contributed by atoms with Crippen molar-refractivity contribution in [2.75, 3.05) is 0 Å². The Labute approximate surface area is 251 Å². The summed E-state index contributed by atoms with van der Waals surface area (Å²) in [6.07, 6.45) is 0. The van der Waals surface area contributed by atoms with E-state index < -0.39 is 0 Å². The fraction of sp³-hybridized carbons (Fsp3) is 0.0513. The molecule has 0 fully saturated rings. The first-order valence-electron chi connectivity index (χ1n) is 14.4. The van der Waals surface area contributed by atoms with Crippen molar-refractivity contribution in [1.82, 2.24) is 4.57 Å². The van der Waals surface area contributed by atoms with Gasteiger partial charge in [-0.3, -0.25) is 0 Å². The number of thiophene rings is 1. The Morgan fingerprint density at radius 2 is 1.35 bits per heavy atom. The fourth-order valence-corrected chi connectivity index (χ4v) is 8.07. The van der Waals surface area contributed by atoms with Crippen molar-refractivity contribution in [3.8, 4) is 16.8 Å². The van der Waals surface area contributed by atoms with Crippen molar-refractivity contribution < 1.29 is 4.42 Å². The summed E-state index contributed by atoms with van der Waals surface area (Å²) in [7, 11) is 0. The minimum atomic E-state index is 0.689. The van der Waals surface area contributed by atoms with Crippen LogP contribution < -0.4 is 0 Å². The maximum Gasteiger partial charge on any atom is 0.204 e. The van der Waals surface area contributed by atoms with Gasteiger partial charge < -0.3 is 8.98 Å². The molecule has 0 saturated carbocycles. The van der Waals surface area contributed by atoms with Crippen molar-refractivity contribution in [3.63, 3.8) is 0 Å². The number of aromatic nitrogens is 1. The molecule has 0 aliphatic heterocycles. The molecule has 0 atom stereocenters. The molecule has 3 aromatic heterocycles. The van der Waals surface area contributed by atoms with E-state index in [1.807, 2.05) is 18.2 Å². The Kier molecular flexibility index (Phi) is 4.97. The molecule has 0 bridgehead atoms. The number of rotatable bonds is 2. The Balaban J connectivity index is 1.37. The second-order valence-corrected chi connectivity index (χ2v) is 12.4. The van der Waals surface area contributed by atoms with Crippen LogP contribution in [-0.4, -0.2) is 4.57 Å². The van der Waals surface area contributed by atoms with Crippen molar-refractivity contribution in [3.05, 3.63) is 132 Å². The monoisotopic (exact) mass is 568 g/mol. The van der Waals surface area contributed by atoms with Crippen LogP contribution in [0.2, 0.25) is 0 Å². The summed E-state index contributed by atoms with van der Waals surface area (Å²) in [4.78, 5) is 3.96. The quantitative estimate of drug-likeness (QED) is 0.190. The van der Waals surface area contributed by atoms with Gasteiger partial charge in [-0.25, -0.2) is 4.85 Å². The third-order valence-corrected chi connectivity index (χ3v) is 9.98. The standard InChI is InChI=1S/C39H24N2OS/c1-22-11-16-32-28(19-22)29-20-23(2)12-17-33(29)41(32)34-9-6-8-27-37-25(14-15-31(40-3)39(37)43-38(27)34)24-13-18-36-30(21-24)26-7-4-5-10-35(26)42-36/h4-21H,1-2H3. The first-order valence-corrected chi connectivity index (χ1v) is 15.2. The molecule has 0 saturated heterocycles. The fourth-order valence-electron chi connectivity index (χ4n) is 6.78. The summed E-state index contributed by atoms with van der Waals surface area (Å²) in [5, 5.41) is 7.05. The zero-order valence-corrected chi connectivity index (χ0v) is 24.4. The second-order valence-electron chi connectivity index (χ2n) is 11.4. The summed E-state index contributed by atoms with van der Waals surface area (Å²) in [5.41, 5.74) is 10.7. The number of aryl methyl sites for hydroxylation is 2. The molecule has 0 radical (unpaired) electrons. The van der Waals surface area contributed by atoms with E-state index in [-0.39, 0.29) is 0 Å². The summed E-state index contributed by atoms with van der Waals surface area (Å²) in [6.45, 7) is 12.3. The average molecular weight is 569 g/mol. The zero-order chi connectivity index (χ0) is 28.8. The van der Waals surface area contributed by atoms with Crippen LogP contribution in [0.25, 0.3) is 85.6 Å². The highest BCUT2D eigenvalue weighted by Crippen LogP contribution is 2.48. The van der Waals surface area contributed by atoms with Crippen LogP contribution in [0.5, 0.6) is 0 Å². The topological polar surface area (TPSA) is 22.4 Å². The minimum absolute atomic E-state index is 0.689. The third kappa shape index (κ3) is 3.40. The summed E-state index contributed by atoms with van der Waals surface area (Å²) >= 11 is 1.72. The number of nitrogens with zero attached hydrogens (tertiary/aromatic N) is 2. The first-order chi connectivity index (χ1) is 21.1. The highest BCUT2D eigenvalue weighted by Gasteiger charge is 2.20. The molecule has 6 aromatic carbocycles. The molecular weight excluding hydrogens is 545 g/mol. The minimum Gasteiger partial charge on any atom is -0.456 e. The number of fused-ring (bicyclic) bond motifs is 9. The first kappa shape index (κ1) is 24.2. The largest absolute Gasteiger partial charge is 0.456 e. The van der Waals surface area contributed by atoms with Crippen LogP contribution in [0.15, 0.2) is 114 Å². The lowest BCUT2D eigenvalue weighted by atomic mass is 9.97. The molecule has 0 spiro atoms. The van der Waals surface area contributed by atoms with E-state index in [0.717, 1.165) is 48.8 Å². The molecule has 0 unspecified atom stereocenters. The zero-order valence-electron chi connectivity index (χ0n) is 23.6. The summed E-state index contributed by atoms with van der Waals surface area (Å²) in [5.74, 6) is 0. The molecule has 0 amide bonds. The van der Waals surface area contributed by atoms with Gasteiger partial charge in [0.2, 0.25) is 5.69 Å². The van der Waals surface area contributed by atoms with Crippen LogP contribution in [-0.2, 0) is 0 Å². The van der Waals surface area contributed by atoms with Gasteiger partial charge in [0.15, 0.2) is 0 Å². The van der Waals surface area contributed by atoms with E-state index in [4.69, 9.17) is 11.0 Å². The highest BCUT2D eigenvalue weighted by atomic mass is 32.1. The van der Waals surface area contributed by atoms with E-state index >= 15 is 0 Å². The molecule has 4 heteroatoms. The molecule has 3 heterocycles. The van der Waals surface area contributed by atoms with Crippen LogP contribution in [0.4, 0.5) is 5.69 Å². The summed E-state index contributed by atoms with van der Waals surface area (Å²) in [6, 6.07) is 38.8. The van der Waals surface area contributed by atoms with E-state index in [2.05, 4.69) is 114 Å². The molecule has 9 rings (SSSR count). The Bertz CT molecular complexity index is 2600. The molecule has 3 nitrogen and oxygen atoms in total.